The molecule has 0 unspecified atom stereocenters. The molecule has 0 spiro atoms. The topological polar surface area (TPSA) is 91.9 Å². The molecule has 7 nitrogen and oxygen atoms in total. The molecule has 156 valence electrons. The number of aryl methyl sites for hydroxylation is 1. The van der Waals surface area contributed by atoms with Crippen molar-refractivity contribution >= 4 is 23.3 Å². The van der Waals surface area contributed by atoms with Gasteiger partial charge in [-0.2, -0.15) is 0 Å². The number of halogens is 1. The maximum atomic E-state index is 12.5. The third kappa shape index (κ3) is 4.98. The van der Waals surface area contributed by atoms with Crippen LogP contribution in [0.1, 0.15) is 34.5 Å². The minimum atomic E-state index is -0.187. The number of rotatable bonds is 6. The average molecular weight is 426 g/mol. The van der Waals surface area contributed by atoms with Crippen LogP contribution in [0.3, 0.4) is 0 Å². The molecule has 0 aromatic carbocycles. The smallest absolute Gasteiger partial charge is 0.267 e. The molecule has 1 amide bonds. The molecule has 4 heterocycles. The largest absolute Gasteiger partial charge is 0.381 e. The summed E-state index contributed by atoms with van der Waals surface area (Å²) in [4.78, 5) is 24.1. The quantitative estimate of drug-likeness (QED) is 0.556. The summed E-state index contributed by atoms with van der Waals surface area (Å²) in [5.41, 5.74) is 4.36. The Balaban J connectivity index is 1.44. The molecular formula is C22H24ClN5O2. The lowest BCUT2D eigenvalue weighted by atomic mass is 10.0. The van der Waals surface area contributed by atoms with Gasteiger partial charge in [-0.15, -0.1) is 0 Å². The van der Waals surface area contributed by atoms with E-state index in [0.717, 1.165) is 54.1 Å². The second kappa shape index (κ2) is 9.28. The first-order chi connectivity index (χ1) is 14.6. The zero-order valence-corrected chi connectivity index (χ0v) is 17.5. The molecule has 3 aromatic rings. The highest BCUT2D eigenvalue weighted by Crippen LogP contribution is 2.27. The van der Waals surface area contributed by atoms with Crippen LogP contribution < -0.4 is 10.6 Å². The standard InChI is InChI=1S/C22H24ClN5O2/c1-14-9-26-21(28-18-2-4-30-5-3-18)8-19(14)16-7-20(25-12-16)22(29)27-11-15-6-17(23)13-24-10-15/h6-10,12-13,18,25H,2-5,11H2,1H3,(H,26,28)(H,27,29). The second-order valence-corrected chi connectivity index (χ2v) is 7.85. The van der Waals surface area contributed by atoms with Crippen LogP contribution in [-0.2, 0) is 11.3 Å². The van der Waals surface area contributed by atoms with Crippen LogP contribution in [0, 0.1) is 6.92 Å². The number of amides is 1. The Morgan fingerprint density at radius 2 is 2.07 bits per heavy atom. The summed E-state index contributed by atoms with van der Waals surface area (Å²) in [7, 11) is 0. The van der Waals surface area contributed by atoms with E-state index < -0.39 is 0 Å². The molecule has 1 aliphatic rings. The molecule has 8 heteroatoms. The number of ether oxygens (including phenoxy) is 1. The lowest BCUT2D eigenvalue weighted by Gasteiger charge is -2.24. The predicted octanol–water partition coefficient (Wildman–Crippen LogP) is 3.95. The molecule has 0 saturated carbocycles. The molecule has 0 aliphatic carbocycles. The third-order valence-corrected chi connectivity index (χ3v) is 5.34. The van der Waals surface area contributed by atoms with Crippen LogP contribution in [0.25, 0.3) is 11.1 Å². The summed E-state index contributed by atoms with van der Waals surface area (Å²) in [5, 5.41) is 6.92. The van der Waals surface area contributed by atoms with Crippen molar-refractivity contribution in [1.29, 1.82) is 0 Å². The molecule has 0 radical (unpaired) electrons. The fraction of sp³-hybridized carbons (Fsp3) is 0.318. The molecule has 3 N–H and O–H groups in total. The number of H-pyrrole nitrogens is 1. The Morgan fingerprint density at radius 3 is 2.87 bits per heavy atom. The first-order valence-corrected chi connectivity index (χ1v) is 10.3. The lowest BCUT2D eigenvalue weighted by Crippen LogP contribution is -2.28. The van der Waals surface area contributed by atoms with Crippen molar-refractivity contribution in [3.8, 4) is 11.1 Å². The number of aromatic amines is 1. The van der Waals surface area contributed by atoms with E-state index in [-0.39, 0.29) is 5.91 Å². The van der Waals surface area contributed by atoms with Crippen molar-refractivity contribution in [2.45, 2.75) is 32.4 Å². The monoisotopic (exact) mass is 425 g/mol. The van der Waals surface area contributed by atoms with E-state index in [4.69, 9.17) is 16.3 Å². The summed E-state index contributed by atoms with van der Waals surface area (Å²) in [6.45, 7) is 3.92. The van der Waals surface area contributed by atoms with Crippen molar-refractivity contribution in [2.24, 2.45) is 0 Å². The van der Waals surface area contributed by atoms with Gasteiger partial charge in [-0.3, -0.25) is 9.78 Å². The number of carbonyl (C=O) groups is 1. The van der Waals surface area contributed by atoms with E-state index in [1.807, 2.05) is 31.5 Å². The van der Waals surface area contributed by atoms with Gasteiger partial charge in [0.15, 0.2) is 0 Å². The summed E-state index contributed by atoms with van der Waals surface area (Å²) in [6.07, 6.45) is 8.89. The molecule has 0 atom stereocenters. The van der Waals surface area contributed by atoms with Crippen molar-refractivity contribution in [3.05, 3.63) is 64.8 Å². The van der Waals surface area contributed by atoms with Crippen LogP contribution in [0.5, 0.6) is 0 Å². The summed E-state index contributed by atoms with van der Waals surface area (Å²) in [6, 6.07) is 6.04. The number of aromatic nitrogens is 3. The van der Waals surface area contributed by atoms with Gasteiger partial charge in [-0.1, -0.05) is 11.6 Å². The Bertz CT molecular complexity index is 1030. The molecule has 1 saturated heterocycles. The SMILES string of the molecule is Cc1cnc(NC2CCOCC2)cc1-c1c[nH]c(C(=O)NCc2cncc(Cl)c2)c1. The number of anilines is 1. The summed E-state index contributed by atoms with van der Waals surface area (Å²) >= 11 is 5.94. The molecule has 1 aliphatic heterocycles. The number of nitrogens with one attached hydrogen (secondary N) is 3. The van der Waals surface area contributed by atoms with Crippen molar-refractivity contribution in [3.63, 3.8) is 0 Å². The molecule has 0 bridgehead atoms. The van der Waals surface area contributed by atoms with Crippen LogP contribution in [0.15, 0.2) is 43.0 Å². The second-order valence-electron chi connectivity index (χ2n) is 7.41. The highest BCUT2D eigenvalue weighted by molar-refractivity contribution is 6.30. The van der Waals surface area contributed by atoms with Gasteiger partial charge < -0.3 is 20.4 Å². The predicted molar refractivity (Wildman–Crippen MR) is 117 cm³/mol. The zero-order valence-electron chi connectivity index (χ0n) is 16.7. The van der Waals surface area contributed by atoms with Gasteiger partial charge in [0.2, 0.25) is 0 Å². The highest BCUT2D eigenvalue weighted by atomic mass is 35.5. The molecule has 4 rings (SSSR count). The van der Waals surface area contributed by atoms with E-state index in [1.165, 1.54) is 0 Å². The van der Waals surface area contributed by atoms with Gasteiger partial charge in [0, 0.05) is 56.2 Å². The van der Waals surface area contributed by atoms with E-state index in [1.54, 1.807) is 18.5 Å². The van der Waals surface area contributed by atoms with Crippen LogP contribution >= 0.6 is 11.6 Å². The Labute approximate surface area is 180 Å². The van der Waals surface area contributed by atoms with Gasteiger partial charge in [0.05, 0.1) is 5.02 Å². The van der Waals surface area contributed by atoms with Crippen molar-refractivity contribution < 1.29 is 9.53 Å². The van der Waals surface area contributed by atoms with Crippen LogP contribution in [0.2, 0.25) is 5.02 Å². The fourth-order valence-corrected chi connectivity index (χ4v) is 3.67. The van der Waals surface area contributed by atoms with E-state index >= 15 is 0 Å². The molecule has 30 heavy (non-hydrogen) atoms. The van der Waals surface area contributed by atoms with Crippen molar-refractivity contribution in [2.75, 3.05) is 18.5 Å². The number of hydrogen-bond acceptors (Lipinski definition) is 5. The Kier molecular flexibility index (Phi) is 6.30. The molecule has 1 fully saturated rings. The van der Waals surface area contributed by atoms with Gasteiger partial charge >= 0.3 is 0 Å². The average Bonchev–Trinajstić information content (AvgIpc) is 3.24. The van der Waals surface area contributed by atoms with Crippen molar-refractivity contribution in [1.82, 2.24) is 20.3 Å². The first-order valence-electron chi connectivity index (χ1n) is 9.96. The van der Waals surface area contributed by atoms with Crippen LogP contribution in [0.4, 0.5) is 5.82 Å². The molecular weight excluding hydrogens is 402 g/mol. The molecule has 3 aromatic heterocycles. The Hall–Kier alpha value is -2.90. The maximum absolute atomic E-state index is 12.5. The zero-order chi connectivity index (χ0) is 20.9. The van der Waals surface area contributed by atoms with E-state index in [9.17, 15) is 4.79 Å². The lowest BCUT2D eigenvalue weighted by molar-refractivity contribution is 0.0903. The number of hydrogen-bond donors (Lipinski definition) is 3. The van der Waals surface area contributed by atoms with Gasteiger partial charge in [-0.05, 0) is 54.7 Å². The van der Waals surface area contributed by atoms with Gasteiger partial charge in [-0.25, -0.2) is 4.98 Å². The minimum Gasteiger partial charge on any atom is -0.381 e. The van der Waals surface area contributed by atoms with Gasteiger partial charge in [0.1, 0.15) is 11.5 Å². The third-order valence-electron chi connectivity index (χ3n) is 5.13. The minimum absolute atomic E-state index is 0.187. The normalized spacial score (nSPS) is 14.5. The van der Waals surface area contributed by atoms with E-state index in [2.05, 4.69) is 25.6 Å². The van der Waals surface area contributed by atoms with Crippen LogP contribution in [-0.4, -0.2) is 40.1 Å². The maximum Gasteiger partial charge on any atom is 0.267 e. The Morgan fingerprint density at radius 1 is 1.23 bits per heavy atom. The van der Waals surface area contributed by atoms with Gasteiger partial charge in [0.25, 0.3) is 5.91 Å². The van der Waals surface area contributed by atoms with E-state index in [0.29, 0.717) is 23.3 Å². The highest BCUT2D eigenvalue weighted by Gasteiger charge is 2.16. The fourth-order valence-electron chi connectivity index (χ4n) is 3.48. The summed E-state index contributed by atoms with van der Waals surface area (Å²) in [5.74, 6) is 0.650. The number of pyridine rings is 2. The summed E-state index contributed by atoms with van der Waals surface area (Å²) < 4.78 is 5.42. The number of carbonyl (C=O) groups excluding carboxylic acids is 1. The number of nitrogens with zero attached hydrogens (tertiary/aromatic N) is 2. The first kappa shape index (κ1) is 20.4.